The molecular weight excluding hydrogens is 325 g/mol. The van der Waals surface area contributed by atoms with Gasteiger partial charge in [0, 0.05) is 6.08 Å². The second-order valence-electron chi connectivity index (χ2n) is 5.02. The number of fused-ring (bicyclic) bond motifs is 1. The summed E-state index contributed by atoms with van der Waals surface area (Å²) in [5.74, 6) is -2.11. The largest absolute Gasteiger partial charge is 1.00 e. The van der Waals surface area contributed by atoms with Gasteiger partial charge in [-0.1, -0.05) is 6.08 Å². The number of nitrogens with zero attached hydrogens (tertiary/aromatic N) is 3. The van der Waals surface area contributed by atoms with Crippen molar-refractivity contribution in [3.8, 4) is 0 Å². The number of carboxylic acids is 1. The summed E-state index contributed by atoms with van der Waals surface area (Å²) in [6, 6.07) is -1.58. The predicted octanol–water partition coefficient (Wildman–Crippen LogP) is -5.05. The van der Waals surface area contributed by atoms with Gasteiger partial charge in [0.2, 0.25) is 18.2 Å². The molecule has 2 aliphatic heterocycles. The van der Waals surface area contributed by atoms with Gasteiger partial charge >= 0.3 is 29.6 Å². The zero-order chi connectivity index (χ0) is 15.4. The SMILES string of the molecule is C[C@]1(/C=C/c2nnco2)[C@H](C(=O)[O-])N2C(=O)C[C@H]2S1(=O)=O.[Na+]. The molecule has 0 radical (unpaired) electrons. The number of carbonyl (C=O) groups excluding carboxylic acids is 2. The molecule has 0 aromatic carbocycles. The zero-order valence-electron chi connectivity index (χ0n) is 11.8. The van der Waals surface area contributed by atoms with Gasteiger partial charge < -0.3 is 19.2 Å². The van der Waals surface area contributed by atoms with E-state index >= 15 is 0 Å². The van der Waals surface area contributed by atoms with Gasteiger partial charge in [0.25, 0.3) is 0 Å². The first-order valence-corrected chi connectivity index (χ1v) is 7.54. The van der Waals surface area contributed by atoms with Crippen molar-refractivity contribution in [1.82, 2.24) is 15.1 Å². The van der Waals surface area contributed by atoms with Crippen LogP contribution in [0.25, 0.3) is 6.08 Å². The Hall–Kier alpha value is -1.23. The average Bonchev–Trinajstić information content (AvgIpc) is 2.95. The Labute approximate surface area is 147 Å². The second-order valence-corrected chi connectivity index (χ2v) is 7.53. The molecule has 0 spiro atoms. The Kier molecular flexibility index (Phi) is 4.24. The smallest absolute Gasteiger partial charge is 0.548 e. The Morgan fingerprint density at radius 2 is 2.27 bits per heavy atom. The van der Waals surface area contributed by atoms with Crippen molar-refractivity contribution in [2.75, 3.05) is 0 Å². The van der Waals surface area contributed by atoms with Gasteiger partial charge in [-0.15, -0.1) is 10.2 Å². The van der Waals surface area contributed by atoms with Crippen molar-refractivity contribution in [2.24, 2.45) is 0 Å². The fourth-order valence-corrected chi connectivity index (χ4v) is 4.99. The van der Waals surface area contributed by atoms with E-state index in [-0.39, 0.29) is 41.9 Å². The summed E-state index contributed by atoms with van der Waals surface area (Å²) >= 11 is 0. The molecule has 1 amide bonds. The maximum atomic E-state index is 12.5. The molecule has 2 aliphatic rings. The fraction of sp³-hybridized carbons (Fsp3) is 0.455. The Bertz CT molecular complexity index is 746. The number of rotatable bonds is 3. The van der Waals surface area contributed by atoms with Gasteiger partial charge in [0.15, 0.2) is 9.84 Å². The number of aliphatic carboxylic acids is 1. The van der Waals surface area contributed by atoms with Crippen LogP contribution in [0.5, 0.6) is 0 Å². The van der Waals surface area contributed by atoms with Crippen LogP contribution in [0.15, 0.2) is 16.9 Å². The average molecular weight is 335 g/mol. The molecule has 3 atom stereocenters. The maximum Gasteiger partial charge on any atom is 1.00 e. The van der Waals surface area contributed by atoms with Crippen molar-refractivity contribution < 1.29 is 57.1 Å². The van der Waals surface area contributed by atoms with E-state index in [0.29, 0.717) is 0 Å². The molecule has 0 saturated carbocycles. The summed E-state index contributed by atoms with van der Waals surface area (Å²) in [6.45, 7) is 1.24. The Balaban J connectivity index is 0.00000176. The van der Waals surface area contributed by atoms with Gasteiger partial charge in [-0.3, -0.25) is 4.79 Å². The molecule has 0 N–H and O–H groups in total. The molecule has 0 aliphatic carbocycles. The van der Waals surface area contributed by atoms with Crippen molar-refractivity contribution in [2.45, 2.75) is 29.5 Å². The van der Waals surface area contributed by atoms with Crippen molar-refractivity contribution >= 4 is 27.8 Å². The van der Waals surface area contributed by atoms with Crippen LogP contribution in [-0.4, -0.2) is 51.6 Å². The predicted molar refractivity (Wildman–Crippen MR) is 64.7 cm³/mol. The Morgan fingerprint density at radius 1 is 1.59 bits per heavy atom. The first-order chi connectivity index (χ1) is 9.79. The third-order valence-electron chi connectivity index (χ3n) is 3.90. The number of hydrogen-bond donors (Lipinski definition) is 0. The molecule has 1 aromatic rings. The number of hydrogen-bond acceptors (Lipinski definition) is 8. The van der Waals surface area contributed by atoms with Gasteiger partial charge in [-0.05, 0) is 6.92 Å². The molecule has 112 valence electrons. The van der Waals surface area contributed by atoms with E-state index in [9.17, 15) is 23.1 Å². The summed E-state index contributed by atoms with van der Waals surface area (Å²) in [6.07, 6.45) is 3.22. The second kappa shape index (κ2) is 5.44. The summed E-state index contributed by atoms with van der Waals surface area (Å²) in [7, 11) is -3.90. The third-order valence-corrected chi connectivity index (χ3v) is 6.59. The van der Waals surface area contributed by atoms with Crippen molar-refractivity contribution in [3.63, 3.8) is 0 Å². The maximum absolute atomic E-state index is 12.5. The van der Waals surface area contributed by atoms with Crippen LogP contribution in [0.4, 0.5) is 0 Å². The number of aromatic nitrogens is 2. The standard InChI is InChI=1S/C11H11N3O6S.Na/c1-11(3-2-6-13-12-5-20-6)9(10(16)17)14-7(15)4-8(14)21(11,18)19;/h2-3,5,8-9H,4H2,1H3,(H,16,17);/q;+1/p-1/b3-2+;/t8-,9+,11+;/m1./s1. The van der Waals surface area contributed by atoms with Crippen LogP contribution in [0.2, 0.25) is 0 Å². The first kappa shape index (κ1) is 17.1. The van der Waals surface area contributed by atoms with Gasteiger partial charge in [0.1, 0.15) is 10.1 Å². The molecule has 2 saturated heterocycles. The molecule has 1 aromatic heterocycles. The van der Waals surface area contributed by atoms with Crippen LogP contribution >= 0.6 is 0 Å². The van der Waals surface area contributed by atoms with Gasteiger partial charge in [0.05, 0.1) is 18.4 Å². The topological polar surface area (TPSA) is 133 Å². The van der Waals surface area contributed by atoms with Crippen LogP contribution < -0.4 is 34.7 Å². The van der Waals surface area contributed by atoms with E-state index in [1.165, 1.54) is 13.0 Å². The van der Waals surface area contributed by atoms with E-state index in [0.717, 1.165) is 17.4 Å². The molecule has 22 heavy (non-hydrogen) atoms. The van der Waals surface area contributed by atoms with E-state index in [1.54, 1.807) is 0 Å². The number of carbonyl (C=O) groups is 2. The quantitative estimate of drug-likeness (QED) is 0.396. The van der Waals surface area contributed by atoms with E-state index in [2.05, 4.69) is 10.2 Å². The van der Waals surface area contributed by atoms with Crippen LogP contribution in [0.1, 0.15) is 19.2 Å². The van der Waals surface area contributed by atoms with Crippen molar-refractivity contribution in [1.29, 1.82) is 0 Å². The summed E-state index contributed by atoms with van der Waals surface area (Å²) in [5, 5.41) is 17.2. The zero-order valence-corrected chi connectivity index (χ0v) is 14.6. The van der Waals surface area contributed by atoms with Gasteiger partial charge in [-0.2, -0.15) is 0 Å². The number of carboxylic acid groups (broad SMARTS) is 1. The van der Waals surface area contributed by atoms with E-state index in [4.69, 9.17) is 4.42 Å². The molecule has 0 bridgehead atoms. The molecule has 11 heteroatoms. The molecule has 9 nitrogen and oxygen atoms in total. The number of β-lactam (4-membered cyclic amide) rings is 1. The van der Waals surface area contributed by atoms with Crippen molar-refractivity contribution in [3.05, 3.63) is 18.4 Å². The summed E-state index contributed by atoms with van der Waals surface area (Å²) < 4.78 is 28.0. The normalized spacial score (nSPS) is 32.4. The molecular formula is C11H10N3NaO6S. The Morgan fingerprint density at radius 3 is 2.77 bits per heavy atom. The third kappa shape index (κ3) is 2.13. The number of sulfone groups is 1. The van der Waals surface area contributed by atoms with E-state index in [1.807, 2.05) is 0 Å². The molecule has 2 fully saturated rings. The van der Waals surface area contributed by atoms with Crippen LogP contribution in [0, 0.1) is 0 Å². The summed E-state index contributed by atoms with van der Waals surface area (Å²) in [5.41, 5.74) is 0. The minimum atomic E-state index is -3.90. The molecule has 3 rings (SSSR count). The van der Waals surface area contributed by atoms with Crippen LogP contribution in [0.3, 0.4) is 0 Å². The number of amides is 1. The van der Waals surface area contributed by atoms with Crippen LogP contribution in [-0.2, 0) is 19.4 Å². The van der Waals surface area contributed by atoms with Gasteiger partial charge in [-0.25, -0.2) is 8.42 Å². The molecule has 3 heterocycles. The van der Waals surface area contributed by atoms with E-state index < -0.39 is 37.9 Å². The minimum absolute atomic E-state index is 0. The minimum Gasteiger partial charge on any atom is -0.548 e. The molecule has 0 unspecified atom stereocenters. The first-order valence-electron chi connectivity index (χ1n) is 6.00. The summed E-state index contributed by atoms with van der Waals surface area (Å²) in [4.78, 5) is 23.7. The fourth-order valence-electron chi connectivity index (χ4n) is 2.72. The monoisotopic (exact) mass is 335 g/mol.